The normalized spacial score (nSPS) is 19.3. The van der Waals surface area contributed by atoms with Crippen molar-refractivity contribution in [1.29, 1.82) is 0 Å². The van der Waals surface area contributed by atoms with Crippen LogP contribution in [0, 0.1) is 5.41 Å². The Morgan fingerprint density at radius 3 is 2.42 bits per heavy atom. The summed E-state index contributed by atoms with van der Waals surface area (Å²) in [6.45, 7) is 11.1. The van der Waals surface area contributed by atoms with Crippen molar-refractivity contribution in [3.8, 4) is 0 Å². The summed E-state index contributed by atoms with van der Waals surface area (Å²) in [5.41, 5.74) is -0.228. The first-order valence-corrected chi connectivity index (χ1v) is 7.05. The zero-order chi connectivity index (χ0) is 14.5. The summed E-state index contributed by atoms with van der Waals surface area (Å²) in [4.78, 5) is 13.7. The molecular formula is C14H28N2O3. The number of nitrogens with one attached hydrogen (secondary N) is 1. The predicted octanol–water partition coefficient (Wildman–Crippen LogP) is 1.61. The molecule has 1 fully saturated rings. The van der Waals surface area contributed by atoms with Crippen molar-refractivity contribution in [2.75, 3.05) is 32.8 Å². The number of nitrogens with zero attached hydrogens (tertiary/aromatic N) is 1. The van der Waals surface area contributed by atoms with Crippen LogP contribution in [0.25, 0.3) is 0 Å². The van der Waals surface area contributed by atoms with Gasteiger partial charge in [-0.25, -0.2) is 4.79 Å². The van der Waals surface area contributed by atoms with E-state index in [-0.39, 0.29) is 18.1 Å². The minimum atomic E-state index is -0.430. The first kappa shape index (κ1) is 16.2. The second kappa shape index (κ2) is 6.57. The molecule has 1 rings (SSSR count). The van der Waals surface area contributed by atoms with Gasteiger partial charge in [0, 0.05) is 26.2 Å². The maximum Gasteiger partial charge on any atom is 0.410 e. The maximum atomic E-state index is 11.9. The van der Waals surface area contributed by atoms with Crippen LogP contribution in [0.15, 0.2) is 0 Å². The molecule has 0 aromatic heterocycles. The molecule has 0 saturated carbocycles. The van der Waals surface area contributed by atoms with Gasteiger partial charge in [0.05, 0.1) is 6.61 Å². The van der Waals surface area contributed by atoms with E-state index >= 15 is 0 Å². The third-order valence-electron chi connectivity index (χ3n) is 3.46. The van der Waals surface area contributed by atoms with E-state index in [1.807, 2.05) is 20.8 Å². The Bertz CT molecular complexity index is 292. The number of piperidine rings is 1. The molecule has 1 saturated heterocycles. The van der Waals surface area contributed by atoms with E-state index in [1.165, 1.54) is 0 Å². The van der Waals surface area contributed by atoms with Gasteiger partial charge in [0.2, 0.25) is 0 Å². The molecule has 0 aromatic carbocycles. The van der Waals surface area contributed by atoms with Crippen molar-refractivity contribution >= 4 is 6.09 Å². The average molecular weight is 272 g/mol. The third kappa shape index (κ3) is 5.78. The van der Waals surface area contributed by atoms with Crippen LogP contribution in [0.2, 0.25) is 0 Å². The lowest BCUT2D eigenvalue weighted by Gasteiger charge is -2.39. The fraction of sp³-hybridized carbons (Fsp3) is 0.929. The Hall–Kier alpha value is -0.810. The molecule has 5 nitrogen and oxygen atoms in total. The zero-order valence-corrected chi connectivity index (χ0v) is 12.7. The Morgan fingerprint density at radius 2 is 1.95 bits per heavy atom. The standard InChI is InChI=1S/C14H28N2O3/c1-13(2,3)19-12(18)16-8-5-14(4,6-9-16)11-15-7-10-17/h15,17H,5-11H2,1-4H3. The van der Waals surface area contributed by atoms with Crippen molar-refractivity contribution < 1.29 is 14.6 Å². The zero-order valence-electron chi connectivity index (χ0n) is 12.7. The summed E-state index contributed by atoms with van der Waals surface area (Å²) in [6.07, 6.45) is 1.72. The molecule has 0 spiro atoms. The van der Waals surface area contributed by atoms with Crippen LogP contribution in [0.3, 0.4) is 0 Å². The second-order valence-corrected chi connectivity index (χ2v) is 6.68. The van der Waals surface area contributed by atoms with Crippen molar-refractivity contribution in [3.05, 3.63) is 0 Å². The number of amides is 1. The highest BCUT2D eigenvalue weighted by molar-refractivity contribution is 5.68. The van der Waals surface area contributed by atoms with Gasteiger partial charge in [0.1, 0.15) is 5.60 Å². The van der Waals surface area contributed by atoms with Gasteiger partial charge >= 0.3 is 6.09 Å². The summed E-state index contributed by atoms with van der Waals surface area (Å²) in [5.74, 6) is 0. The fourth-order valence-corrected chi connectivity index (χ4v) is 2.20. The quantitative estimate of drug-likeness (QED) is 0.763. The van der Waals surface area contributed by atoms with Crippen LogP contribution in [0.5, 0.6) is 0 Å². The van der Waals surface area contributed by atoms with Gasteiger partial charge in [-0.05, 0) is 39.0 Å². The molecule has 0 radical (unpaired) electrons. The number of aliphatic hydroxyl groups excluding tert-OH is 1. The number of carbonyl (C=O) groups excluding carboxylic acids is 1. The summed E-state index contributed by atoms with van der Waals surface area (Å²) in [7, 11) is 0. The third-order valence-corrected chi connectivity index (χ3v) is 3.46. The molecule has 0 bridgehead atoms. The maximum absolute atomic E-state index is 11.9. The Labute approximate surface area is 116 Å². The SMILES string of the molecule is CC1(CNCCO)CCN(C(=O)OC(C)(C)C)CC1. The summed E-state index contributed by atoms with van der Waals surface area (Å²) < 4.78 is 5.38. The number of aliphatic hydroxyl groups is 1. The second-order valence-electron chi connectivity index (χ2n) is 6.68. The highest BCUT2D eigenvalue weighted by atomic mass is 16.6. The van der Waals surface area contributed by atoms with E-state index in [4.69, 9.17) is 9.84 Å². The first-order valence-electron chi connectivity index (χ1n) is 7.05. The minimum absolute atomic E-state index is 0.167. The molecule has 2 N–H and O–H groups in total. The molecule has 0 unspecified atom stereocenters. The molecule has 19 heavy (non-hydrogen) atoms. The lowest BCUT2D eigenvalue weighted by atomic mass is 9.80. The smallest absolute Gasteiger partial charge is 0.410 e. The topological polar surface area (TPSA) is 61.8 Å². The molecule has 0 atom stereocenters. The van der Waals surface area contributed by atoms with E-state index in [9.17, 15) is 4.79 Å². The van der Waals surface area contributed by atoms with E-state index in [1.54, 1.807) is 4.90 Å². The van der Waals surface area contributed by atoms with Gasteiger partial charge in [-0.3, -0.25) is 0 Å². The predicted molar refractivity (Wildman–Crippen MR) is 75.1 cm³/mol. The summed E-state index contributed by atoms with van der Waals surface area (Å²) in [6, 6.07) is 0. The van der Waals surface area contributed by atoms with E-state index in [2.05, 4.69) is 12.2 Å². The number of carbonyl (C=O) groups is 1. The van der Waals surface area contributed by atoms with Crippen LogP contribution >= 0.6 is 0 Å². The highest BCUT2D eigenvalue weighted by Crippen LogP contribution is 2.30. The monoisotopic (exact) mass is 272 g/mol. The Balaban J connectivity index is 2.37. The number of hydrogen-bond donors (Lipinski definition) is 2. The number of ether oxygens (including phenoxy) is 1. The molecular weight excluding hydrogens is 244 g/mol. The molecule has 1 heterocycles. The molecule has 1 amide bonds. The molecule has 0 aromatic rings. The lowest BCUT2D eigenvalue weighted by Crippen LogP contribution is -2.47. The van der Waals surface area contributed by atoms with Crippen LogP contribution in [-0.4, -0.2) is 54.5 Å². The Kier molecular flexibility index (Phi) is 5.62. The van der Waals surface area contributed by atoms with Gasteiger partial charge < -0.3 is 20.1 Å². The van der Waals surface area contributed by atoms with E-state index in [0.717, 1.165) is 32.5 Å². The summed E-state index contributed by atoms with van der Waals surface area (Å²) >= 11 is 0. The van der Waals surface area contributed by atoms with Crippen molar-refractivity contribution in [2.45, 2.75) is 46.1 Å². The number of likely N-dealkylation sites (tertiary alicyclic amines) is 1. The molecule has 5 heteroatoms. The lowest BCUT2D eigenvalue weighted by molar-refractivity contribution is 0.0119. The Morgan fingerprint density at radius 1 is 1.37 bits per heavy atom. The summed E-state index contributed by atoms with van der Waals surface area (Å²) in [5, 5.41) is 12.0. The molecule has 112 valence electrons. The van der Waals surface area contributed by atoms with Crippen molar-refractivity contribution in [2.24, 2.45) is 5.41 Å². The van der Waals surface area contributed by atoms with Gasteiger partial charge in [-0.15, -0.1) is 0 Å². The van der Waals surface area contributed by atoms with Gasteiger partial charge in [0.15, 0.2) is 0 Å². The highest BCUT2D eigenvalue weighted by Gasteiger charge is 2.33. The van der Waals surface area contributed by atoms with Crippen LogP contribution in [-0.2, 0) is 4.74 Å². The van der Waals surface area contributed by atoms with Gasteiger partial charge in [-0.2, -0.15) is 0 Å². The largest absolute Gasteiger partial charge is 0.444 e. The molecule has 1 aliphatic heterocycles. The molecule has 0 aliphatic carbocycles. The number of hydrogen-bond acceptors (Lipinski definition) is 4. The van der Waals surface area contributed by atoms with Crippen LogP contribution in [0.4, 0.5) is 4.79 Å². The average Bonchev–Trinajstić information content (AvgIpc) is 2.27. The minimum Gasteiger partial charge on any atom is -0.444 e. The fourth-order valence-electron chi connectivity index (χ4n) is 2.20. The molecule has 1 aliphatic rings. The van der Waals surface area contributed by atoms with Crippen molar-refractivity contribution in [1.82, 2.24) is 10.2 Å². The van der Waals surface area contributed by atoms with Crippen LogP contribution in [0.1, 0.15) is 40.5 Å². The first-order chi connectivity index (χ1) is 8.76. The van der Waals surface area contributed by atoms with Crippen molar-refractivity contribution in [3.63, 3.8) is 0 Å². The van der Waals surface area contributed by atoms with Gasteiger partial charge in [0.25, 0.3) is 0 Å². The van der Waals surface area contributed by atoms with E-state index < -0.39 is 5.60 Å². The number of rotatable bonds is 4. The van der Waals surface area contributed by atoms with Crippen LogP contribution < -0.4 is 5.32 Å². The van der Waals surface area contributed by atoms with Gasteiger partial charge in [-0.1, -0.05) is 6.92 Å². The van der Waals surface area contributed by atoms with E-state index in [0.29, 0.717) is 6.54 Å².